The molecule has 2 N–H and O–H groups in total. The lowest BCUT2D eigenvalue weighted by Gasteiger charge is -2.20. The second kappa shape index (κ2) is 8.84. The molecule has 1 amide bonds. The molecule has 2 aromatic rings. The fourth-order valence-corrected chi connectivity index (χ4v) is 2.44. The number of para-hydroxylation sites is 1. The first-order valence-corrected chi connectivity index (χ1v) is 8.07. The van der Waals surface area contributed by atoms with Gasteiger partial charge in [-0.05, 0) is 29.9 Å². The number of carbonyl (C=O) groups is 1. The minimum atomic E-state index is -0.0616. The Morgan fingerprint density at radius 1 is 1.17 bits per heavy atom. The van der Waals surface area contributed by atoms with Crippen molar-refractivity contribution in [3.05, 3.63) is 78.4 Å². The maximum absolute atomic E-state index is 12.8. The Morgan fingerprint density at radius 2 is 1.83 bits per heavy atom. The molecular formula is C19H21N3OS. The molecule has 0 unspecified atom stereocenters. The van der Waals surface area contributed by atoms with Crippen LogP contribution in [0.5, 0.6) is 0 Å². The molecule has 0 saturated carbocycles. The van der Waals surface area contributed by atoms with Gasteiger partial charge >= 0.3 is 0 Å². The van der Waals surface area contributed by atoms with Crippen molar-refractivity contribution in [3.63, 3.8) is 0 Å². The highest BCUT2D eigenvalue weighted by Crippen LogP contribution is 2.18. The predicted octanol–water partition coefficient (Wildman–Crippen LogP) is 3.43. The van der Waals surface area contributed by atoms with Gasteiger partial charge in [0.25, 0.3) is 5.91 Å². The van der Waals surface area contributed by atoms with Crippen LogP contribution in [-0.2, 0) is 6.54 Å². The molecule has 24 heavy (non-hydrogen) atoms. The van der Waals surface area contributed by atoms with E-state index in [4.69, 9.17) is 12.2 Å². The first kappa shape index (κ1) is 17.7. The van der Waals surface area contributed by atoms with Crippen LogP contribution in [0.3, 0.4) is 0 Å². The Balaban J connectivity index is 2.11. The van der Waals surface area contributed by atoms with Crippen LogP contribution in [0.4, 0.5) is 5.69 Å². The fourth-order valence-electron chi connectivity index (χ4n) is 2.24. The van der Waals surface area contributed by atoms with Crippen LogP contribution in [0.1, 0.15) is 15.9 Å². The number of amides is 1. The van der Waals surface area contributed by atoms with Gasteiger partial charge < -0.3 is 15.5 Å². The van der Waals surface area contributed by atoms with Gasteiger partial charge in [0.2, 0.25) is 0 Å². The highest BCUT2D eigenvalue weighted by atomic mass is 32.1. The van der Waals surface area contributed by atoms with Gasteiger partial charge in [0, 0.05) is 20.1 Å². The molecule has 0 atom stereocenters. The number of nitrogens with one attached hydrogen (secondary N) is 2. The zero-order chi connectivity index (χ0) is 17.4. The van der Waals surface area contributed by atoms with E-state index in [1.807, 2.05) is 48.5 Å². The normalized spacial score (nSPS) is 9.88. The molecule has 0 aromatic heterocycles. The predicted molar refractivity (Wildman–Crippen MR) is 103 cm³/mol. The maximum Gasteiger partial charge on any atom is 0.256 e. The minimum Gasteiger partial charge on any atom is -0.359 e. The summed E-state index contributed by atoms with van der Waals surface area (Å²) in [5, 5.41) is 6.52. The van der Waals surface area contributed by atoms with E-state index >= 15 is 0 Å². The highest BCUT2D eigenvalue weighted by Gasteiger charge is 2.16. The highest BCUT2D eigenvalue weighted by molar-refractivity contribution is 7.80. The number of anilines is 1. The summed E-state index contributed by atoms with van der Waals surface area (Å²) in [6, 6.07) is 17.2. The molecule has 0 saturated heterocycles. The Labute approximate surface area is 148 Å². The summed E-state index contributed by atoms with van der Waals surface area (Å²) in [6.45, 7) is 4.75. The van der Waals surface area contributed by atoms with Crippen LogP contribution < -0.4 is 10.6 Å². The van der Waals surface area contributed by atoms with Gasteiger partial charge in [0.05, 0.1) is 11.3 Å². The molecule has 124 valence electrons. The van der Waals surface area contributed by atoms with Crippen LogP contribution in [-0.4, -0.2) is 29.5 Å². The summed E-state index contributed by atoms with van der Waals surface area (Å²) in [6.07, 6.45) is 1.72. The van der Waals surface area contributed by atoms with Crippen molar-refractivity contribution in [2.24, 2.45) is 0 Å². The lowest BCUT2D eigenvalue weighted by atomic mass is 10.1. The minimum absolute atomic E-state index is 0.0616. The number of rotatable bonds is 6. The molecule has 0 bridgehead atoms. The molecule has 0 aliphatic heterocycles. The van der Waals surface area contributed by atoms with Crippen molar-refractivity contribution in [1.82, 2.24) is 10.2 Å². The monoisotopic (exact) mass is 339 g/mol. The number of carbonyl (C=O) groups excluding carboxylic acids is 1. The topological polar surface area (TPSA) is 44.4 Å². The van der Waals surface area contributed by atoms with E-state index in [1.54, 1.807) is 24.1 Å². The zero-order valence-electron chi connectivity index (χ0n) is 13.7. The molecule has 2 aromatic carbocycles. The van der Waals surface area contributed by atoms with Gasteiger partial charge in [-0.15, -0.1) is 6.58 Å². The number of hydrogen-bond acceptors (Lipinski definition) is 2. The summed E-state index contributed by atoms with van der Waals surface area (Å²) < 4.78 is 0. The van der Waals surface area contributed by atoms with Crippen molar-refractivity contribution < 1.29 is 4.79 Å². The van der Waals surface area contributed by atoms with E-state index in [1.165, 1.54) is 0 Å². The van der Waals surface area contributed by atoms with Crippen molar-refractivity contribution in [2.45, 2.75) is 6.54 Å². The Morgan fingerprint density at radius 3 is 2.54 bits per heavy atom. The van der Waals surface area contributed by atoms with Crippen molar-refractivity contribution >= 4 is 28.9 Å². The van der Waals surface area contributed by atoms with E-state index in [2.05, 4.69) is 17.2 Å². The van der Waals surface area contributed by atoms with Crippen LogP contribution in [0.15, 0.2) is 67.3 Å². The van der Waals surface area contributed by atoms with E-state index in [0.29, 0.717) is 29.5 Å². The van der Waals surface area contributed by atoms with Gasteiger partial charge in [0.1, 0.15) is 0 Å². The van der Waals surface area contributed by atoms with Crippen molar-refractivity contribution in [3.8, 4) is 0 Å². The molecule has 0 aliphatic rings. The van der Waals surface area contributed by atoms with Gasteiger partial charge in [-0.25, -0.2) is 0 Å². The summed E-state index contributed by atoms with van der Waals surface area (Å²) in [5.41, 5.74) is 2.35. The third kappa shape index (κ3) is 4.93. The molecule has 0 radical (unpaired) electrons. The smallest absolute Gasteiger partial charge is 0.256 e. The molecule has 2 rings (SSSR count). The lowest BCUT2D eigenvalue weighted by molar-refractivity contribution is 0.0786. The number of thiocarbonyl (C=S) groups is 1. The average Bonchev–Trinajstić information content (AvgIpc) is 2.60. The molecule has 4 nitrogen and oxygen atoms in total. The Kier molecular flexibility index (Phi) is 6.51. The standard InChI is InChI=1S/C19H21N3OS/c1-3-13-20-19(24)21-17-12-8-7-11-16(17)18(23)22(2)14-15-9-5-4-6-10-15/h3-12H,1,13-14H2,2H3,(H2,20,21,24). The molecule has 0 fully saturated rings. The number of hydrogen-bond donors (Lipinski definition) is 2. The summed E-state index contributed by atoms with van der Waals surface area (Å²) in [4.78, 5) is 14.5. The van der Waals surface area contributed by atoms with E-state index in [-0.39, 0.29) is 5.91 Å². The summed E-state index contributed by atoms with van der Waals surface area (Å²) >= 11 is 5.22. The van der Waals surface area contributed by atoms with Gasteiger partial charge in [-0.2, -0.15) is 0 Å². The number of nitrogens with zero attached hydrogens (tertiary/aromatic N) is 1. The van der Waals surface area contributed by atoms with Crippen molar-refractivity contribution in [2.75, 3.05) is 18.9 Å². The number of benzene rings is 2. The Hall–Kier alpha value is -2.66. The summed E-state index contributed by atoms with van der Waals surface area (Å²) in [5.74, 6) is -0.0616. The third-order valence-corrected chi connectivity index (χ3v) is 3.67. The zero-order valence-corrected chi connectivity index (χ0v) is 14.5. The van der Waals surface area contributed by atoms with Crippen LogP contribution >= 0.6 is 12.2 Å². The molecule has 0 heterocycles. The second-order valence-electron chi connectivity index (χ2n) is 5.32. The third-order valence-electron chi connectivity index (χ3n) is 3.42. The largest absolute Gasteiger partial charge is 0.359 e. The first-order valence-electron chi connectivity index (χ1n) is 7.66. The Bertz CT molecular complexity index is 716. The molecule has 5 heteroatoms. The van der Waals surface area contributed by atoms with Gasteiger partial charge in [-0.3, -0.25) is 4.79 Å². The molecule has 0 spiro atoms. The SMILES string of the molecule is C=CCNC(=S)Nc1ccccc1C(=O)N(C)Cc1ccccc1. The quantitative estimate of drug-likeness (QED) is 0.625. The maximum atomic E-state index is 12.8. The van der Waals surface area contributed by atoms with E-state index < -0.39 is 0 Å². The molecular weight excluding hydrogens is 318 g/mol. The second-order valence-corrected chi connectivity index (χ2v) is 5.72. The van der Waals surface area contributed by atoms with E-state index in [0.717, 1.165) is 5.56 Å². The van der Waals surface area contributed by atoms with Crippen molar-refractivity contribution in [1.29, 1.82) is 0 Å². The molecule has 0 aliphatic carbocycles. The van der Waals surface area contributed by atoms with Crippen LogP contribution in [0.25, 0.3) is 0 Å². The van der Waals surface area contributed by atoms with Crippen LogP contribution in [0.2, 0.25) is 0 Å². The van der Waals surface area contributed by atoms with E-state index in [9.17, 15) is 4.79 Å². The van der Waals surface area contributed by atoms with Gasteiger partial charge in [0.15, 0.2) is 5.11 Å². The lowest BCUT2D eigenvalue weighted by Crippen LogP contribution is -2.31. The average molecular weight is 339 g/mol. The van der Waals surface area contributed by atoms with Crippen LogP contribution in [0, 0.1) is 0 Å². The fraction of sp³-hybridized carbons (Fsp3) is 0.158. The first-order chi connectivity index (χ1) is 11.6. The van der Waals surface area contributed by atoms with Gasteiger partial charge in [-0.1, -0.05) is 48.5 Å². The summed E-state index contributed by atoms with van der Waals surface area (Å²) in [7, 11) is 1.79.